The SMILES string of the molecule is CCc1nnc(NS(=O)(=O)c2ccsc2CO)nc1CC. The Morgan fingerprint density at radius 3 is 2.57 bits per heavy atom. The first kappa shape index (κ1) is 15.8. The van der Waals surface area contributed by atoms with Gasteiger partial charge in [-0.1, -0.05) is 13.8 Å². The fourth-order valence-corrected chi connectivity index (χ4v) is 4.08. The number of hydrogen-bond donors (Lipinski definition) is 2. The van der Waals surface area contributed by atoms with E-state index in [9.17, 15) is 8.42 Å². The number of anilines is 1. The number of aromatic nitrogens is 3. The quantitative estimate of drug-likeness (QED) is 0.829. The number of nitrogens with one attached hydrogen (secondary N) is 1. The van der Waals surface area contributed by atoms with Crippen molar-refractivity contribution in [1.82, 2.24) is 15.2 Å². The highest BCUT2D eigenvalue weighted by atomic mass is 32.2. The molecule has 0 aliphatic carbocycles. The molecule has 9 heteroatoms. The van der Waals surface area contributed by atoms with Gasteiger partial charge in [0.05, 0.1) is 22.9 Å². The molecule has 21 heavy (non-hydrogen) atoms. The number of aliphatic hydroxyl groups excluding tert-OH is 1. The highest BCUT2D eigenvalue weighted by molar-refractivity contribution is 7.92. The molecule has 0 bridgehead atoms. The second kappa shape index (κ2) is 6.46. The van der Waals surface area contributed by atoms with Crippen LogP contribution in [-0.2, 0) is 29.5 Å². The molecule has 0 saturated heterocycles. The van der Waals surface area contributed by atoms with Gasteiger partial charge in [0, 0.05) is 0 Å². The largest absolute Gasteiger partial charge is 0.391 e. The van der Waals surface area contributed by atoms with E-state index in [-0.39, 0.29) is 17.5 Å². The second-order valence-electron chi connectivity index (χ2n) is 4.21. The van der Waals surface area contributed by atoms with E-state index in [1.807, 2.05) is 13.8 Å². The van der Waals surface area contributed by atoms with Gasteiger partial charge in [0.25, 0.3) is 16.0 Å². The maximum Gasteiger partial charge on any atom is 0.265 e. The third-order valence-electron chi connectivity index (χ3n) is 2.87. The van der Waals surface area contributed by atoms with Gasteiger partial charge in [0.1, 0.15) is 4.90 Å². The van der Waals surface area contributed by atoms with Crippen molar-refractivity contribution in [3.8, 4) is 0 Å². The average Bonchev–Trinajstić information content (AvgIpc) is 2.96. The molecule has 0 saturated carbocycles. The van der Waals surface area contributed by atoms with Crippen LogP contribution in [-0.4, -0.2) is 28.7 Å². The first-order valence-electron chi connectivity index (χ1n) is 6.44. The zero-order valence-electron chi connectivity index (χ0n) is 11.7. The third-order valence-corrected chi connectivity index (χ3v) is 5.32. The summed E-state index contributed by atoms with van der Waals surface area (Å²) in [6.07, 6.45) is 1.34. The minimum Gasteiger partial charge on any atom is -0.391 e. The number of sulfonamides is 1. The van der Waals surface area contributed by atoms with Gasteiger partial charge in [-0.15, -0.1) is 21.5 Å². The smallest absolute Gasteiger partial charge is 0.265 e. The lowest BCUT2D eigenvalue weighted by atomic mass is 10.2. The highest BCUT2D eigenvalue weighted by Crippen LogP contribution is 2.23. The van der Waals surface area contributed by atoms with E-state index in [1.54, 1.807) is 5.38 Å². The van der Waals surface area contributed by atoms with Crippen molar-refractivity contribution in [2.45, 2.75) is 38.2 Å². The van der Waals surface area contributed by atoms with Crippen LogP contribution in [0.5, 0.6) is 0 Å². The lowest BCUT2D eigenvalue weighted by molar-refractivity contribution is 0.282. The molecule has 114 valence electrons. The number of rotatable bonds is 6. The molecule has 2 heterocycles. The van der Waals surface area contributed by atoms with Crippen LogP contribution in [0.4, 0.5) is 5.95 Å². The van der Waals surface area contributed by atoms with Gasteiger partial charge in [-0.3, -0.25) is 0 Å². The Kier molecular flexibility index (Phi) is 4.86. The van der Waals surface area contributed by atoms with Crippen molar-refractivity contribution in [2.75, 3.05) is 4.72 Å². The van der Waals surface area contributed by atoms with Crippen molar-refractivity contribution in [3.05, 3.63) is 27.7 Å². The molecule has 7 nitrogen and oxygen atoms in total. The minimum atomic E-state index is -3.82. The molecule has 0 aromatic carbocycles. The molecule has 0 spiro atoms. The summed E-state index contributed by atoms with van der Waals surface area (Å²) >= 11 is 1.18. The van der Waals surface area contributed by atoms with Crippen LogP contribution in [0, 0.1) is 0 Å². The van der Waals surface area contributed by atoms with Gasteiger partial charge in [0.15, 0.2) is 0 Å². The summed E-state index contributed by atoms with van der Waals surface area (Å²) in [5, 5.41) is 18.6. The lowest BCUT2D eigenvalue weighted by Gasteiger charge is -2.08. The maximum atomic E-state index is 12.3. The predicted octanol–water partition coefficient (Wildman–Crippen LogP) is 1.35. The first-order chi connectivity index (χ1) is 10.0. The van der Waals surface area contributed by atoms with Gasteiger partial charge < -0.3 is 5.11 Å². The lowest BCUT2D eigenvalue weighted by Crippen LogP contribution is -2.17. The Hall–Kier alpha value is -1.58. The van der Waals surface area contributed by atoms with E-state index >= 15 is 0 Å². The Labute approximate surface area is 127 Å². The zero-order chi connectivity index (χ0) is 15.5. The number of aryl methyl sites for hydroxylation is 2. The number of aliphatic hydroxyl groups is 1. The molecule has 0 atom stereocenters. The maximum absolute atomic E-state index is 12.3. The van der Waals surface area contributed by atoms with E-state index in [1.165, 1.54) is 17.4 Å². The van der Waals surface area contributed by atoms with Crippen molar-refractivity contribution in [2.24, 2.45) is 0 Å². The molecular formula is C12H16N4O3S2. The monoisotopic (exact) mass is 328 g/mol. The molecular weight excluding hydrogens is 312 g/mol. The molecule has 0 fully saturated rings. The van der Waals surface area contributed by atoms with Gasteiger partial charge >= 0.3 is 0 Å². The van der Waals surface area contributed by atoms with E-state index in [0.717, 1.165) is 11.4 Å². The van der Waals surface area contributed by atoms with Crippen LogP contribution in [0.15, 0.2) is 16.3 Å². The summed E-state index contributed by atoms with van der Waals surface area (Å²) < 4.78 is 26.9. The van der Waals surface area contributed by atoms with Crippen LogP contribution in [0.2, 0.25) is 0 Å². The molecule has 0 unspecified atom stereocenters. The summed E-state index contributed by atoms with van der Waals surface area (Å²) in [5.74, 6) is -0.0564. The second-order valence-corrected chi connectivity index (χ2v) is 6.86. The van der Waals surface area contributed by atoms with Crippen molar-refractivity contribution in [3.63, 3.8) is 0 Å². The molecule has 0 amide bonds. The van der Waals surface area contributed by atoms with E-state index in [0.29, 0.717) is 17.7 Å². The van der Waals surface area contributed by atoms with Crippen molar-refractivity contribution >= 4 is 27.3 Å². The van der Waals surface area contributed by atoms with E-state index in [2.05, 4.69) is 19.9 Å². The van der Waals surface area contributed by atoms with Gasteiger partial charge in [0.2, 0.25) is 0 Å². The minimum absolute atomic E-state index is 0.0382. The molecule has 0 aliphatic heterocycles. The Bertz CT molecular complexity index is 728. The van der Waals surface area contributed by atoms with E-state index in [4.69, 9.17) is 5.11 Å². The van der Waals surface area contributed by atoms with Crippen molar-refractivity contribution < 1.29 is 13.5 Å². The summed E-state index contributed by atoms with van der Waals surface area (Å²) in [4.78, 5) is 4.60. The predicted molar refractivity (Wildman–Crippen MR) is 79.6 cm³/mol. The first-order valence-corrected chi connectivity index (χ1v) is 8.80. The highest BCUT2D eigenvalue weighted by Gasteiger charge is 2.21. The van der Waals surface area contributed by atoms with Crippen LogP contribution >= 0.6 is 11.3 Å². The Morgan fingerprint density at radius 2 is 1.95 bits per heavy atom. The van der Waals surface area contributed by atoms with Crippen LogP contribution in [0.1, 0.15) is 30.1 Å². The van der Waals surface area contributed by atoms with Crippen molar-refractivity contribution in [1.29, 1.82) is 0 Å². The zero-order valence-corrected chi connectivity index (χ0v) is 13.3. The van der Waals surface area contributed by atoms with Gasteiger partial charge in [-0.25, -0.2) is 18.1 Å². The molecule has 2 aromatic heterocycles. The Balaban J connectivity index is 2.33. The standard InChI is InChI=1S/C12H16N4O3S2/c1-3-8-9(4-2)14-15-12(13-8)16-21(18,19)11-5-6-20-10(11)7-17/h5-6,17H,3-4,7H2,1-2H3,(H,13,15,16). The average molecular weight is 328 g/mol. The molecule has 0 aliphatic rings. The third kappa shape index (κ3) is 3.36. The molecule has 2 N–H and O–H groups in total. The summed E-state index contributed by atoms with van der Waals surface area (Å²) in [6, 6.07) is 1.44. The summed E-state index contributed by atoms with van der Waals surface area (Å²) in [5.41, 5.74) is 1.48. The van der Waals surface area contributed by atoms with Crippen LogP contribution in [0.25, 0.3) is 0 Å². The van der Waals surface area contributed by atoms with Crippen LogP contribution < -0.4 is 4.72 Å². The number of thiophene rings is 1. The molecule has 2 aromatic rings. The molecule has 2 rings (SSSR count). The number of hydrogen-bond acceptors (Lipinski definition) is 7. The normalized spacial score (nSPS) is 11.6. The van der Waals surface area contributed by atoms with E-state index < -0.39 is 10.0 Å². The summed E-state index contributed by atoms with van der Waals surface area (Å²) in [7, 11) is -3.82. The fraction of sp³-hybridized carbons (Fsp3) is 0.417. The van der Waals surface area contributed by atoms with Gasteiger partial charge in [-0.2, -0.15) is 0 Å². The van der Waals surface area contributed by atoms with Gasteiger partial charge in [-0.05, 0) is 24.3 Å². The number of nitrogens with zero attached hydrogens (tertiary/aromatic N) is 3. The Morgan fingerprint density at radius 1 is 1.24 bits per heavy atom. The molecule has 0 radical (unpaired) electrons. The topological polar surface area (TPSA) is 105 Å². The fourth-order valence-electron chi connectivity index (χ4n) is 1.84. The summed E-state index contributed by atoms with van der Waals surface area (Å²) in [6.45, 7) is 3.53. The van der Waals surface area contributed by atoms with Crippen LogP contribution in [0.3, 0.4) is 0 Å².